The summed E-state index contributed by atoms with van der Waals surface area (Å²) in [4.78, 5) is 0. The number of rotatable bonds is 2. The molecule has 1 heterocycles. The molecule has 17 heavy (non-hydrogen) atoms. The van der Waals surface area contributed by atoms with Crippen molar-refractivity contribution in [3.8, 4) is 5.75 Å². The zero-order chi connectivity index (χ0) is 12.5. The van der Waals surface area contributed by atoms with Crippen LogP contribution in [0.3, 0.4) is 0 Å². The molecule has 94 valence electrons. The van der Waals surface area contributed by atoms with Crippen LogP contribution < -0.4 is 10.1 Å². The summed E-state index contributed by atoms with van der Waals surface area (Å²) < 4.78 is 43.0. The van der Waals surface area contributed by atoms with Gasteiger partial charge in [0.2, 0.25) is 0 Å². The van der Waals surface area contributed by atoms with Gasteiger partial charge in [-0.1, -0.05) is 0 Å². The van der Waals surface area contributed by atoms with Crippen LogP contribution in [0, 0.1) is 0 Å². The highest BCUT2D eigenvalue weighted by Gasteiger charge is 2.32. The second-order valence-electron chi connectivity index (χ2n) is 4.14. The highest BCUT2D eigenvalue weighted by atomic mass is 19.4. The minimum Gasteiger partial charge on any atom is -0.497 e. The molecule has 1 aromatic carbocycles. The highest BCUT2D eigenvalue weighted by Crippen LogP contribution is 2.35. The molecule has 1 aliphatic rings. The van der Waals surface area contributed by atoms with E-state index in [1.807, 2.05) is 0 Å². The van der Waals surface area contributed by atoms with Crippen LogP contribution in [0.15, 0.2) is 18.2 Å². The molecule has 0 bridgehead atoms. The Kier molecular flexibility index (Phi) is 3.28. The van der Waals surface area contributed by atoms with E-state index in [9.17, 15) is 13.2 Å². The smallest absolute Gasteiger partial charge is 0.416 e. The van der Waals surface area contributed by atoms with Gasteiger partial charge in [-0.2, -0.15) is 13.2 Å². The Morgan fingerprint density at radius 2 is 2.06 bits per heavy atom. The second kappa shape index (κ2) is 4.56. The van der Waals surface area contributed by atoms with Gasteiger partial charge >= 0.3 is 6.18 Å². The van der Waals surface area contributed by atoms with E-state index in [0.29, 0.717) is 5.56 Å². The molecule has 5 heteroatoms. The molecule has 1 N–H and O–H groups in total. The van der Waals surface area contributed by atoms with Gasteiger partial charge in [0.25, 0.3) is 0 Å². The van der Waals surface area contributed by atoms with Gasteiger partial charge in [-0.3, -0.25) is 0 Å². The number of nitrogens with one attached hydrogen (secondary N) is 1. The standard InChI is InChI=1S/C12H14F3NO/c1-17-10-6-8(11-3-2-4-16-11)5-9(7-10)12(13,14)15/h5-7,11,16H,2-4H2,1H3/t11-/m1/s1. The highest BCUT2D eigenvalue weighted by molar-refractivity contribution is 5.37. The Bertz CT molecular complexity index is 397. The van der Waals surface area contributed by atoms with Crippen molar-refractivity contribution in [1.82, 2.24) is 5.32 Å². The topological polar surface area (TPSA) is 21.3 Å². The van der Waals surface area contributed by atoms with Crippen molar-refractivity contribution < 1.29 is 17.9 Å². The number of hydrogen-bond donors (Lipinski definition) is 1. The van der Waals surface area contributed by atoms with Crippen molar-refractivity contribution in [3.63, 3.8) is 0 Å². The summed E-state index contributed by atoms with van der Waals surface area (Å²) in [6.07, 6.45) is -2.48. The lowest BCUT2D eigenvalue weighted by molar-refractivity contribution is -0.137. The molecule has 1 aromatic rings. The van der Waals surface area contributed by atoms with Crippen LogP contribution in [0.2, 0.25) is 0 Å². The van der Waals surface area contributed by atoms with E-state index in [4.69, 9.17) is 4.74 Å². The molecule has 0 spiro atoms. The van der Waals surface area contributed by atoms with Gasteiger partial charge < -0.3 is 10.1 Å². The first-order valence-electron chi connectivity index (χ1n) is 5.50. The summed E-state index contributed by atoms with van der Waals surface area (Å²) >= 11 is 0. The fraction of sp³-hybridized carbons (Fsp3) is 0.500. The lowest BCUT2D eigenvalue weighted by Gasteiger charge is -2.15. The van der Waals surface area contributed by atoms with Gasteiger partial charge in [0.05, 0.1) is 12.7 Å². The molecule has 0 aliphatic carbocycles. The van der Waals surface area contributed by atoms with Crippen LogP contribution >= 0.6 is 0 Å². The zero-order valence-electron chi connectivity index (χ0n) is 9.47. The molecule has 1 fully saturated rings. The third-order valence-electron chi connectivity index (χ3n) is 2.95. The van der Waals surface area contributed by atoms with Gasteiger partial charge in [-0.25, -0.2) is 0 Å². The normalized spacial score (nSPS) is 20.6. The quantitative estimate of drug-likeness (QED) is 0.864. The van der Waals surface area contributed by atoms with Crippen molar-refractivity contribution in [2.75, 3.05) is 13.7 Å². The van der Waals surface area contributed by atoms with E-state index in [0.717, 1.165) is 25.5 Å². The van der Waals surface area contributed by atoms with Crippen molar-refractivity contribution in [2.45, 2.75) is 25.1 Å². The maximum absolute atomic E-state index is 12.7. The van der Waals surface area contributed by atoms with E-state index < -0.39 is 11.7 Å². The Morgan fingerprint density at radius 3 is 2.59 bits per heavy atom. The fourth-order valence-electron chi connectivity index (χ4n) is 2.07. The molecule has 0 radical (unpaired) electrons. The number of alkyl halides is 3. The number of hydrogen-bond acceptors (Lipinski definition) is 2. The predicted octanol–water partition coefficient (Wildman–Crippen LogP) is 3.14. The summed E-state index contributed by atoms with van der Waals surface area (Å²) in [5, 5.41) is 3.18. The van der Waals surface area contributed by atoms with Crippen molar-refractivity contribution >= 4 is 0 Å². The first-order valence-corrected chi connectivity index (χ1v) is 5.50. The van der Waals surface area contributed by atoms with Gasteiger partial charge in [0.1, 0.15) is 5.75 Å². The van der Waals surface area contributed by atoms with E-state index in [1.54, 1.807) is 6.07 Å². The van der Waals surface area contributed by atoms with Crippen molar-refractivity contribution in [3.05, 3.63) is 29.3 Å². The van der Waals surface area contributed by atoms with Crippen molar-refractivity contribution in [1.29, 1.82) is 0 Å². The summed E-state index contributed by atoms with van der Waals surface area (Å²) in [7, 11) is 1.38. The number of halogens is 3. The number of methoxy groups -OCH3 is 1. The minimum atomic E-state index is -4.33. The SMILES string of the molecule is COc1cc([C@H]2CCCN2)cc(C(F)(F)F)c1. The van der Waals surface area contributed by atoms with E-state index in [2.05, 4.69) is 5.32 Å². The Hall–Kier alpha value is -1.23. The van der Waals surface area contributed by atoms with Crippen LogP contribution in [-0.4, -0.2) is 13.7 Å². The monoisotopic (exact) mass is 245 g/mol. The average Bonchev–Trinajstić information content (AvgIpc) is 2.80. The van der Waals surface area contributed by atoms with Crippen LogP contribution in [-0.2, 0) is 6.18 Å². The average molecular weight is 245 g/mol. The van der Waals surface area contributed by atoms with E-state index in [-0.39, 0.29) is 11.8 Å². The van der Waals surface area contributed by atoms with E-state index in [1.165, 1.54) is 13.2 Å². The third kappa shape index (κ3) is 2.72. The predicted molar refractivity (Wildman–Crippen MR) is 58.0 cm³/mol. The zero-order valence-corrected chi connectivity index (χ0v) is 9.47. The molecule has 1 atom stereocenters. The number of benzene rings is 1. The lowest BCUT2D eigenvalue weighted by Crippen LogP contribution is -2.14. The summed E-state index contributed by atoms with van der Waals surface area (Å²) in [6.45, 7) is 0.850. The first-order chi connectivity index (χ1) is 8.00. The van der Waals surface area contributed by atoms with Gasteiger partial charge in [0.15, 0.2) is 0 Å². The molecule has 2 rings (SSSR count). The van der Waals surface area contributed by atoms with Crippen LogP contribution in [0.4, 0.5) is 13.2 Å². The van der Waals surface area contributed by atoms with Crippen LogP contribution in [0.25, 0.3) is 0 Å². The van der Waals surface area contributed by atoms with Gasteiger partial charge in [-0.15, -0.1) is 0 Å². The molecule has 1 saturated heterocycles. The summed E-state index contributed by atoms with van der Waals surface area (Å²) in [6, 6.07) is 3.90. The fourth-order valence-corrected chi connectivity index (χ4v) is 2.07. The molecular formula is C12H14F3NO. The maximum Gasteiger partial charge on any atom is 0.416 e. The molecule has 0 amide bonds. The lowest BCUT2D eigenvalue weighted by atomic mass is 10.0. The molecule has 0 unspecified atom stereocenters. The molecule has 0 saturated carbocycles. The second-order valence-corrected chi connectivity index (χ2v) is 4.14. The van der Waals surface area contributed by atoms with Crippen LogP contribution in [0.5, 0.6) is 5.75 Å². The summed E-state index contributed by atoms with van der Waals surface area (Å²) in [5.41, 5.74) is -0.00488. The maximum atomic E-state index is 12.7. The summed E-state index contributed by atoms with van der Waals surface area (Å²) in [5.74, 6) is 0.253. The largest absolute Gasteiger partial charge is 0.497 e. The molecule has 2 nitrogen and oxygen atoms in total. The Balaban J connectivity index is 2.38. The molecule has 0 aromatic heterocycles. The van der Waals surface area contributed by atoms with Gasteiger partial charge in [-0.05, 0) is 43.1 Å². The van der Waals surface area contributed by atoms with Gasteiger partial charge in [0, 0.05) is 6.04 Å². The minimum absolute atomic E-state index is 0.00574. The number of ether oxygens (including phenoxy) is 1. The Morgan fingerprint density at radius 1 is 1.29 bits per heavy atom. The third-order valence-corrected chi connectivity index (χ3v) is 2.95. The molecule has 1 aliphatic heterocycles. The molecular weight excluding hydrogens is 231 g/mol. The first kappa shape index (κ1) is 12.2. The van der Waals surface area contributed by atoms with E-state index >= 15 is 0 Å². The Labute approximate surface area is 97.8 Å². The van der Waals surface area contributed by atoms with Crippen LogP contribution in [0.1, 0.15) is 30.0 Å². The van der Waals surface area contributed by atoms with Crippen molar-refractivity contribution in [2.24, 2.45) is 0 Å².